The van der Waals surface area contributed by atoms with Crippen LogP contribution in [-0.2, 0) is 0 Å². The third-order valence-corrected chi connectivity index (χ3v) is 4.74. The molecule has 8 heteroatoms. The highest BCUT2D eigenvalue weighted by molar-refractivity contribution is 6.30. The van der Waals surface area contributed by atoms with Crippen molar-refractivity contribution in [3.8, 4) is 11.1 Å². The average molecular weight is 407 g/mol. The minimum Gasteiger partial charge on any atom is -0.305 e. The van der Waals surface area contributed by atoms with Crippen molar-refractivity contribution in [2.45, 2.75) is 0 Å². The summed E-state index contributed by atoms with van der Waals surface area (Å²) in [6.07, 6.45) is 0. The second kappa shape index (κ2) is 7.75. The molecular formula is C21H15ClN4O3. The van der Waals surface area contributed by atoms with Crippen molar-refractivity contribution in [3.63, 3.8) is 0 Å². The lowest BCUT2D eigenvalue weighted by Gasteiger charge is -2.05. The molecule has 3 aromatic carbocycles. The number of halogens is 1. The lowest BCUT2D eigenvalue weighted by Crippen LogP contribution is -2.19. The predicted octanol–water partition coefficient (Wildman–Crippen LogP) is 4.25. The van der Waals surface area contributed by atoms with Crippen molar-refractivity contribution in [2.75, 3.05) is 5.32 Å². The summed E-state index contributed by atoms with van der Waals surface area (Å²) in [5, 5.41) is 20.0. The van der Waals surface area contributed by atoms with Gasteiger partial charge >= 0.3 is 0 Å². The molecule has 4 rings (SSSR count). The highest BCUT2D eigenvalue weighted by Gasteiger charge is 2.13. The molecule has 0 aliphatic carbocycles. The predicted molar refractivity (Wildman–Crippen MR) is 110 cm³/mol. The fourth-order valence-electron chi connectivity index (χ4n) is 2.95. The molecule has 0 unspecified atom stereocenters. The molecule has 4 N–H and O–H groups in total. The molecule has 0 atom stereocenters. The van der Waals surface area contributed by atoms with Gasteiger partial charge in [0.25, 0.3) is 11.8 Å². The molecule has 1 aromatic heterocycles. The number of amides is 2. The highest BCUT2D eigenvalue weighted by Crippen LogP contribution is 2.28. The number of nitrogens with one attached hydrogen (secondary N) is 3. The van der Waals surface area contributed by atoms with E-state index in [1.807, 2.05) is 42.5 Å². The van der Waals surface area contributed by atoms with E-state index in [1.165, 1.54) is 24.3 Å². The lowest BCUT2D eigenvalue weighted by atomic mass is 10.0. The molecule has 4 aromatic rings. The van der Waals surface area contributed by atoms with E-state index in [9.17, 15) is 9.59 Å². The van der Waals surface area contributed by atoms with Gasteiger partial charge < -0.3 is 5.32 Å². The van der Waals surface area contributed by atoms with Crippen molar-refractivity contribution in [1.82, 2.24) is 15.7 Å². The monoisotopic (exact) mass is 406 g/mol. The van der Waals surface area contributed by atoms with Crippen LogP contribution in [0.3, 0.4) is 0 Å². The number of benzene rings is 3. The van der Waals surface area contributed by atoms with Crippen LogP contribution in [0.2, 0.25) is 5.02 Å². The van der Waals surface area contributed by atoms with E-state index < -0.39 is 5.91 Å². The van der Waals surface area contributed by atoms with Crippen LogP contribution >= 0.6 is 11.6 Å². The number of hydrogen-bond donors (Lipinski definition) is 4. The molecule has 7 nitrogen and oxygen atoms in total. The summed E-state index contributed by atoms with van der Waals surface area (Å²) >= 11 is 5.94. The van der Waals surface area contributed by atoms with Gasteiger partial charge in [-0.05, 0) is 59.7 Å². The number of hydroxylamine groups is 1. The smallest absolute Gasteiger partial charge is 0.274 e. The number of rotatable bonds is 4. The first-order valence-electron chi connectivity index (χ1n) is 8.65. The van der Waals surface area contributed by atoms with Gasteiger partial charge in [0.1, 0.15) is 0 Å². The summed E-state index contributed by atoms with van der Waals surface area (Å²) in [6, 6.07) is 19.2. The van der Waals surface area contributed by atoms with Gasteiger partial charge in [-0.25, -0.2) is 5.48 Å². The summed E-state index contributed by atoms with van der Waals surface area (Å²) < 4.78 is 0. The Labute approximate surface area is 170 Å². The molecule has 144 valence electrons. The summed E-state index contributed by atoms with van der Waals surface area (Å²) in [7, 11) is 0. The fraction of sp³-hybridized carbons (Fsp3) is 0. The van der Waals surface area contributed by atoms with Crippen LogP contribution in [-0.4, -0.2) is 27.2 Å². The maximum Gasteiger partial charge on any atom is 0.274 e. The third-order valence-electron chi connectivity index (χ3n) is 4.48. The Morgan fingerprint density at radius 3 is 2.14 bits per heavy atom. The number of carbonyl (C=O) groups is 2. The maximum absolute atomic E-state index is 12.5. The average Bonchev–Trinajstić information content (AvgIpc) is 3.15. The van der Waals surface area contributed by atoms with E-state index in [4.69, 9.17) is 16.8 Å². The zero-order chi connectivity index (χ0) is 20.4. The van der Waals surface area contributed by atoms with E-state index in [2.05, 4.69) is 15.5 Å². The van der Waals surface area contributed by atoms with Crippen LogP contribution in [0.5, 0.6) is 0 Å². The number of nitrogens with zero attached hydrogens (tertiary/aromatic N) is 1. The van der Waals surface area contributed by atoms with E-state index in [1.54, 1.807) is 5.48 Å². The molecule has 0 saturated carbocycles. The number of hydrogen-bond acceptors (Lipinski definition) is 4. The van der Waals surface area contributed by atoms with Gasteiger partial charge in [-0.1, -0.05) is 29.8 Å². The van der Waals surface area contributed by atoms with E-state index >= 15 is 0 Å². The summed E-state index contributed by atoms with van der Waals surface area (Å²) in [5.74, 6) is -0.604. The Kier molecular flexibility index (Phi) is 4.99. The van der Waals surface area contributed by atoms with Gasteiger partial charge in [-0.3, -0.25) is 19.9 Å². The van der Waals surface area contributed by atoms with Gasteiger partial charge in [0.15, 0.2) is 5.82 Å². The number of H-pyrrole nitrogens is 1. The van der Waals surface area contributed by atoms with Gasteiger partial charge in [0, 0.05) is 21.5 Å². The van der Waals surface area contributed by atoms with Crippen molar-refractivity contribution in [1.29, 1.82) is 0 Å². The lowest BCUT2D eigenvalue weighted by molar-refractivity contribution is 0.0706. The highest BCUT2D eigenvalue weighted by atomic mass is 35.5. The second-order valence-electron chi connectivity index (χ2n) is 6.31. The van der Waals surface area contributed by atoms with Crippen LogP contribution < -0.4 is 10.8 Å². The van der Waals surface area contributed by atoms with Gasteiger partial charge in [0.05, 0.1) is 5.52 Å². The standard InChI is InChI=1S/C21H15ClN4O3/c22-16-8-5-12(6-9-16)15-7-10-17-18(11-15)24-25-19(17)23-20(27)13-1-3-14(4-2-13)21(28)26-29/h1-11,29H,(H,26,28)(H2,23,24,25,27). The molecule has 29 heavy (non-hydrogen) atoms. The minimum atomic E-state index is -0.647. The van der Waals surface area contributed by atoms with Crippen LogP contribution in [0.4, 0.5) is 5.82 Å². The maximum atomic E-state index is 12.5. The molecule has 0 fully saturated rings. The zero-order valence-electron chi connectivity index (χ0n) is 14.9. The number of anilines is 1. The number of aromatic nitrogens is 2. The Morgan fingerprint density at radius 2 is 1.48 bits per heavy atom. The molecule has 0 aliphatic rings. The van der Waals surface area contributed by atoms with Crippen LogP contribution in [0.1, 0.15) is 20.7 Å². The first-order valence-corrected chi connectivity index (χ1v) is 9.03. The Morgan fingerprint density at radius 1 is 0.862 bits per heavy atom. The second-order valence-corrected chi connectivity index (χ2v) is 6.75. The summed E-state index contributed by atoms with van der Waals surface area (Å²) in [4.78, 5) is 23.9. The van der Waals surface area contributed by atoms with Crippen molar-refractivity contribution < 1.29 is 14.8 Å². The van der Waals surface area contributed by atoms with E-state index in [-0.39, 0.29) is 11.5 Å². The normalized spacial score (nSPS) is 10.7. The molecule has 0 bridgehead atoms. The topological polar surface area (TPSA) is 107 Å². The van der Waals surface area contributed by atoms with Crippen LogP contribution in [0, 0.1) is 0 Å². The van der Waals surface area contributed by atoms with Crippen LogP contribution in [0.25, 0.3) is 22.0 Å². The molecule has 2 amide bonds. The van der Waals surface area contributed by atoms with Gasteiger partial charge in [0.2, 0.25) is 0 Å². The van der Waals surface area contributed by atoms with Crippen molar-refractivity contribution in [3.05, 3.63) is 82.9 Å². The third kappa shape index (κ3) is 3.82. The number of aromatic amines is 1. The van der Waals surface area contributed by atoms with E-state index in [0.29, 0.717) is 16.4 Å². The molecule has 0 radical (unpaired) electrons. The first kappa shape index (κ1) is 18.7. The zero-order valence-corrected chi connectivity index (χ0v) is 15.7. The Balaban J connectivity index is 1.56. The van der Waals surface area contributed by atoms with Crippen molar-refractivity contribution >= 4 is 40.1 Å². The van der Waals surface area contributed by atoms with Crippen LogP contribution in [0.15, 0.2) is 66.7 Å². The van der Waals surface area contributed by atoms with Crippen molar-refractivity contribution in [2.24, 2.45) is 0 Å². The largest absolute Gasteiger partial charge is 0.305 e. The summed E-state index contributed by atoms with van der Waals surface area (Å²) in [6.45, 7) is 0. The van der Waals surface area contributed by atoms with Gasteiger partial charge in [-0.2, -0.15) is 5.10 Å². The number of fused-ring (bicyclic) bond motifs is 1. The molecule has 1 heterocycles. The molecular weight excluding hydrogens is 392 g/mol. The quantitative estimate of drug-likeness (QED) is 0.300. The first-order chi connectivity index (χ1) is 14.0. The van der Waals surface area contributed by atoms with Gasteiger partial charge in [-0.15, -0.1) is 0 Å². The Hall–Kier alpha value is -3.68. The SMILES string of the molecule is O=C(NO)c1ccc(C(=O)Nc2n[nH]c3cc(-c4ccc(Cl)cc4)ccc23)cc1. The number of carbonyl (C=O) groups excluding carboxylic acids is 2. The Bertz CT molecular complexity index is 1200. The fourth-order valence-corrected chi connectivity index (χ4v) is 3.08. The summed E-state index contributed by atoms with van der Waals surface area (Å²) in [5.41, 5.74) is 4.93. The molecule has 0 aliphatic heterocycles. The van der Waals surface area contributed by atoms with E-state index in [0.717, 1.165) is 22.0 Å². The minimum absolute atomic E-state index is 0.240. The molecule has 0 spiro atoms. The molecule has 0 saturated heterocycles.